The SMILES string of the molecule is CNC(=O)c1cccc(-c2noc(-c3cnn(C)c3COc3ccc(C(F)(F)F)cc3)n2)c1. The highest BCUT2D eigenvalue weighted by Gasteiger charge is 2.30. The number of carbonyl (C=O) groups is 1. The van der Waals surface area contributed by atoms with Crippen LogP contribution in [-0.2, 0) is 19.8 Å². The number of hydrogen-bond donors (Lipinski definition) is 1. The predicted molar refractivity (Wildman–Crippen MR) is 111 cm³/mol. The Morgan fingerprint density at radius 3 is 2.64 bits per heavy atom. The highest BCUT2D eigenvalue weighted by atomic mass is 19.4. The molecule has 0 fully saturated rings. The minimum atomic E-state index is -4.41. The third-order valence-electron chi connectivity index (χ3n) is 4.89. The number of alkyl halides is 3. The molecule has 0 spiro atoms. The molecule has 0 unspecified atom stereocenters. The number of benzene rings is 2. The van der Waals surface area contributed by atoms with Crippen LogP contribution in [0.3, 0.4) is 0 Å². The lowest BCUT2D eigenvalue weighted by molar-refractivity contribution is -0.137. The number of aryl methyl sites for hydroxylation is 1. The van der Waals surface area contributed by atoms with Crippen LogP contribution in [-0.4, -0.2) is 32.9 Å². The quantitative estimate of drug-likeness (QED) is 0.469. The molecule has 4 aromatic rings. The van der Waals surface area contributed by atoms with Gasteiger partial charge in [0.2, 0.25) is 5.82 Å². The first-order valence-corrected chi connectivity index (χ1v) is 9.74. The van der Waals surface area contributed by atoms with E-state index in [0.717, 1.165) is 12.1 Å². The molecule has 0 atom stereocenters. The normalized spacial score (nSPS) is 11.4. The van der Waals surface area contributed by atoms with E-state index in [9.17, 15) is 18.0 Å². The van der Waals surface area contributed by atoms with Gasteiger partial charge in [0.15, 0.2) is 0 Å². The van der Waals surface area contributed by atoms with E-state index in [1.807, 2.05) is 0 Å². The van der Waals surface area contributed by atoms with Crippen LogP contribution in [0, 0.1) is 0 Å². The van der Waals surface area contributed by atoms with E-state index in [1.54, 1.807) is 36.0 Å². The van der Waals surface area contributed by atoms with Gasteiger partial charge in [-0.2, -0.15) is 23.3 Å². The Kier molecular flexibility index (Phi) is 5.86. The van der Waals surface area contributed by atoms with Gasteiger partial charge in [-0.15, -0.1) is 0 Å². The summed E-state index contributed by atoms with van der Waals surface area (Å²) in [6.45, 7) is 0.0149. The van der Waals surface area contributed by atoms with E-state index in [1.165, 1.54) is 25.4 Å². The van der Waals surface area contributed by atoms with Gasteiger partial charge in [0.25, 0.3) is 11.8 Å². The number of aromatic nitrogens is 4. The smallest absolute Gasteiger partial charge is 0.416 e. The van der Waals surface area contributed by atoms with Crippen molar-refractivity contribution < 1.29 is 27.2 Å². The monoisotopic (exact) mass is 457 g/mol. The molecule has 0 radical (unpaired) electrons. The molecule has 2 aromatic heterocycles. The van der Waals surface area contributed by atoms with Gasteiger partial charge < -0.3 is 14.6 Å². The van der Waals surface area contributed by atoms with Gasteiger partial charge in [-0.05, 0) is 36.4 Å². The number of rotatable bonds is 6. The van der Waals surface area contributed by atoms with Crippen molar-refractivity contribution >= 4 is 5.91 Å². The Balaban J connectivity index is 1.54. The summed E-state index contributed by atoms with van der Waals surface area (Å²) in [5.74, 6) is 0.506. The molecule has 4 rings (SSSR count). The van der Waals surface area contributed by atoms with E-state index in [2.05, 4.69) is 20.6 Å². The number of carbonyl (C=O) groups excluding carboxylic acids is 1. The van der Waals surface area contributed by atoms with E-state index >= 15 is 0 Å². The lowest BCUT2D eigenvalue weighted by atomic mass is 10.1. The zero-order valence-corrected chi connectivity index (χ0v) is 17.6. The zero-order valence-electron chi connectivity index (χ0n) is 17.6. The first-order valence-electron chi connectivity index (χ1n) is 9.74. The van der Waals surface area contributed by atoms with Crippen molar-refractivity contribution in [3.8, 4) is 28.6 Å². The first-order chi connectivity index (χ1) is 15.8. The second-order valence-corrected chi connectivity index (χ2v) is 7.02. The molecule has 170 valence electrons. The van der Waals surface area contributed by atoms with E-state index in [4.69, 9.17) is 9.26 Å². The Morgan fingerprint density at radius 1 is 1.18 bits per heavy atom. The van der Waals surface area contributed by atoms with Gasteiger partial charge in [0, 0.05) is 25.2 Å². The lowest BCUT2D eigenvalue weighted by Gasteiger charge is -2.10. The van der Waals surface area contributed by atoms with Crippen molar-refractivity contribution in [2.24, 2.45) is 7.05 Å². The van der Waals surface area contributed by atoms with Crippen LogP contribution in [0.15, 0.2) is 59.3 Å². The highest BCUT2D eigenvalue weighted by molar-refractivity contribution is 5.95. The third kappa shape index (κ3) is 4.71. The second-order valence-electron chi connectivity index (χ2n) is 7.02. The van der Waals surface area contributed by atoms with Crippen molar-refractivity contribution in [3.63, 3.8) is 0 Å². The molecule has 0 saturated heterocycles. The van der Waals surface area contributed by atoms with Gasteiger partial charge in [0.1, 0.15) is 12.4 Å². The molecule has 1 amide bonds. The van der Waals surface area contributed by atoms with Gasteiger partial charge in [-0.25, -0.2) is 0 Å². The van der Waals surface area contributed by atoms with E-state index in [0.29, 0.717) is 22.4 Å². The summed E-state index contributed by atoms with van der Waals surface area (Å²) in [7, 11) is 3.23. The average Bonchev–Trinajstić information content (AvgIpc) is 3.43. The average molecular weight is 457 g/mol. The topological polar surface area (TPSA) is 95.1 Å². The summed E-state index contributed by atoms with van der Waals surface area (Å²) >= 11 is 0. The fourth-order valence-corrected chi connectivity index (χ4v) is 3.10. The first kappa shape index (κ1) is 22.1. The second kappa shape index (κ2) is 8.77. The Morgan fingerprint density at radius 2 is 1.94 bits per heavy atom. The highest BCUT2D eigenvalue weighted by Crippen LogP contribution is 2.31. The number of amides is 1. The maximum absolute atomic E-state index is 12.7. The van der Waals surface area contributed by atoms with Crippen LogP contribution < -0.4 is 10.1 Å². The minimum Gasteiger partial charge on any atom is -0.487 e. The maximum Gasteiger partial charge on any atom is 0.416 e. The molecule has 0 aliphatic heterocycles. The van der Waals surface area contributed by atoms with Crippen LogP contribution in [0.2, 0.25) is 0 Å². The van der Waals surface area contributed by atoms with Gasteiger partial charge in [-0.3, -0.25) is 9.48 Å². The van der Waals surface area contributed by atoms with Crippen molar-refractivity contribution in [2.75, 3.05) is 7.05 Å². The van der Waals surface area contributed by atoms with E-state index < -0.39 is 11.7 Å². The fraction of sp³-hybridized carbons (Fsp3) is 0.182. The van der Waals surface area contributed by atoms with Gasteiger partial charge in [0.05, 0.1) is 23.0 Å². The van der Waals surface area contributed by atoms with Crippen molar-refractivity contribution in [3.05, 3.63) is 71.5 Å². The number of halogens is 3. The van der Waals surface area contributed by atoms with Crippen LogP contribution in [0.4, 0.5) is 13.2 Å². The van der Waals surface area contributed by atoms with Gasteiger partial charge in [-0.1, -0.05) is 17.3 Å². The molecule has 0 bridgehead atoms. The van der Waals surface area contributed by atoms with Crippen molar-refractivity contribution in [1.82, 2.24) is 25.2 Å². The van der Waals surface area contributed by atoms with Crippen LogP contribution in [0.5, 0.6) is 5.75 Å². The van der Waals surface area contributed by atoms with E-state index in [-0.39, 0.29) is 30.0 Å². The van der Waals surface area contributed by atoms with Crippen LogP contribution in [0.25, 0.3) is 22.8 Å². The standard InChI is InChI=1S/C22H18F3N5O3/c1-26-20(31)14-5-3-4-13(10-14)19-28-21(33-29-19)17-11-27-30(2)18(17)12-32-16-8-6-15(7-9-16)22(23,24)25/h3-11H,12H2,1-2H3,(H,26,31). The molecule has 0 saturated carbocycles. The summed E-state index contributed by atoms with van der Waals surface area (Å²) in [4.78, 5) is 16.3. The summed E-state index contributed by atoms with van der Waals surface area (Å²) in [5, 5.41) is 10.7. The molecular formula is C22H18F3N5O3. The van der Waals surface area contributed by atoms with Gasteiger partial charge >= 0.3 is 6.18 Å². The largest absolute Gasteiger partial charge is 0.487 e. The molecule has 1 N–H and O–H groups in total. The third-order valence-corrected chi connectivity index (χ3v) is 4.89. The molecule has 8 nitrogen and oxygen atoms in total. The zero-order chi connectivity index (χ0) is 23.6. The summed E-state index contributed by atoms with van der Waals surface area (Å²) in [5.41, 5.74) is 1.40. The molecule has 2 heterocycles. The minimum absolute atomic E-state index is 0.0149. The van der Waals surface area contributed by atoms with Crippen LogP contribution in [0.1, 0.15) is 21.6 Å². The molecular weight excluding hydrogens is 439 g/mol. The molecule has 0 aliphatic rings. The van der Waals surface area contributed by atoms with Crippen molar-refractivity contribution in [2.45, 2.75) is 12.8 Å². The number of ether oxygens (including phenoxy) is 1. The molecule has 33 heavy (non-hydrogen) atoms. The summed E-state index contributed by atoms with van der Waals surface area (Å²) in [6, 6.07) is 11.2. The Hall–Kier alpha value is -4.15. The predicted octanol–water partition coefficient (Wildman–Crippen LogP) is 4.09. The fourth-order valence-electron chi connectivity index (χ4n) is 3.10. The maximum atomic E-state index is 12.7. The molecule has 11 heteroatoms. The number of nitrogens with zero attached hydrogens (tertiary/aromatic N) is 4. The van der Waals surface area contributed by atoms with Crippen LogP contribution >= 0.6 is 0 Å². The summed E-state index contributed by atoms with van der Waals surface area (Å²) < 4.78 is 50.8. The lowest BCUT2D eigenvalue weighted by Crippen LogP contribution is -2.17. The Labute approximate surface area is 186 Å². The number of hydrogen-bond acceptors (Lipinski definition) is 6. The summed E-state index contributed by atoms with van der Waals surface area (Å²) in [6.07, 6.45) is -2.88. The molecule has 0 aliphatic carbocycles. The van der Waals surface area contributed by atoms with Crippen molar-refractivity contribution in [1.29, 1.82) is 0 Å². The number of nitrogens with one attached hydrogen (secondary N) is 1. The molecule has 2 aromatic carbocycles. The Bertz CT molecular complexity index is 1280.